The summed E-state index contributed by atoms with van der Waals surface area (Å²) >= 11 is 0. The van der Waals surface area contributed by atoms with Gasteiger partial charge >= 0.3 is 0 Å². The minimum Gasteiger partial charge on any atom is -0.491 e. The van der Waals surface area contributed by atoms with Crippen LogP contribution < -0.4 is 4.74 Å². The zero-order valence-corrected chi connectivity index (χ0v) is 12.5. The molecular formula is C16H26O3. The maximum Gasteiger partial charge on any atom is 0.125 e. The zero-order valence-electron chi connectivity index (χ0n) is 12.5. The molecule has 0 saturated heterocycles. The van der Waals surface area contributed by atoms with Gasteiger partial charge in [-0.2, -0.15) is 0 Å². The quantitative estimate of drug-likeness (QED) is 0.732. The Bertz CT molecular complexity index is 372. The highest BCUT2D eigenvalue weighted by Gasteiger charge is 2.09. The number of benzene rings is 1. The van der Waals surface area contributed by atoms with Crippen LogP contribution in [0.1, 0.15) is 44.4 Å². The summed E-state index contributed by atoms with van der Waals surface area (Å²) in [5.41, 5.74) is 1.96. The SMILES string of the molecule is Cc1ccc(OCCOCCC(C)C)c([C@H](C)O)c1. The molecule has 1 aromatic carbocycles. The Hall–Kier alpha value is -1.06. The van der Waals surface area contributed by atoms with Crippen LogP contribution in [-0.2, 0) is 4.74 Å². The van der Waals surface area contributed by atoms with E-state index in [1.807, 2.05) is 25.1 Å². The molecule has 1 atom stereocenters. The summed E-state index contributed by atoms with van der Waals surface area (Å²) in [6.45, 7) is 9.99. The minimum atomic E-state index is -0.517. The largest absolute Gasteiger partial charge is 0.491 e. The van der Waals surface area contributed by atoms with E-state index in [1.165, 1.54) is 0 Å². The molecule has 0 unspecified atom stereocenters. The molecule has 0 amide bonds. The smallest absolute Gasteiger partial charge is 0.125 e. The van der Waals surface area contributed by atoms with Gasteiger partial charge < -0.3 is 14.6 Å². The van der Waals surface area contributed by atoms with Gasteiger partial charge in [0, 0.05) is 12.2 Å². The van der Waals surface area contributed by atoms with Gasteiger partial charge in [0.25, 0.3) is 0 Å². The van der Waals surface area contributed by atoms with Crippen molar-refractivity contribution in [1.29, 1.82) is 0 Å². The predicted octanol–water partition coefficient (Wildman–Crippen LogP) is 3.49. The van der Waals surface area contributed by atoms with Crippen LogP contribution in [0.15, 0.2) is 18.2 Å². The molecule has 0 radical (unpaired) electrons. The average molecular weight is 266 g/mol. The number of aliphatic hydroxyl groups is 1. The van der Waals surface area contributed by atoms with Gasteiger partial charge in [-0.3, -0.25) is 0 Å². The number of aliphatic hydroxyl groups excluding tert-OH is 1. The molecule has 0 spiro atoms. The first-order chi connectivity index (χ1) is 9.00. The number of hydrogen-bond acceptors (Lipinski definition) is 3. The second kappa shape index (κ2) is 8.18. The van der Waals surface area contributed by atoms with Crippen molar-refractivity contribution in [3.8, 4) is 5.75 Å². The van der Waals surface area contributed by atoms with E-state index in [0.29, 0.717) is 19.1 Å². The van der Waals surface area contributed by atoms with Gasteiger partial charge in [-0.05, 0) is 38.3 Å². The third kappa shape index (κ3) is 6.08. The second-order valence-electron chi connectivity index (χ2n) is 5.36. The van der Waals surface area contributed by atoms with E-state index in [2.05, 4.69) is 13.8 Å². The second-order valence-corrected chi connectivity index (χ2v) is 5.36. The minimum absolute atomic E-state index is 0.515. The van der Waals surface area contributed by atoms with E-state index in [1.54, 1.807) is 6.92 Å². The van der Waals surface area contributed by atoms with Crippen molar-refractivity contribution < 1.29 is 14.6 Å². The van der Waals surface area contributed by atoms with E-state index >= 15 is 0 Å². The van der Waals surface area contributed by atoms with E-state index in [0.717, 1.165) is 29.9 Å². The fourth-order valence-electron chi connectivity index (χ4n) is 1.76. The van der Waals surface area contributed by atoms with Gasteiger partial charge in [-0.1, -0.05) is 25.5 Å². The Morgan fingerprint density at radius 3 is 2.47 bits per heavy atom. The lowest BCUT2D eigenvalue weighted by Crippen LogP contribution is -2.10. The molecular weight excluding hydrogens is 240 g/mol. The van der Waals surface area contributed by atoms with Crippen LogP contribution in [0.25, 0.3) is 0 Å². The highest BCUT2D eigenvalue weighted by atomic mass is 16.5. The molecule has 0 aromatic heterocycles. The maximum absolute atomic E-state index is 9.72. The van der Waals surface area contributed by atoms with Crippen molar-refractivity contribution in [2.45, 2.75) is 40.2 Å². The van der Waals surface area contributed by atoms with Crippen LogP contribution >= 0.6 is 0 Å². The third-order valence-electron chi connectivity index (χ3n) is 2.94. The van der Waals surface area contributed by atoms with Gasteiger partial charge in [0.15, 0.2) is 0 Å². The summed E-state index contributed by atoms with van der Waals surface area (Å²) in [6, 6.07) is 5.85. The van der Waals surface area contributed by atoms with E-state index in [9.17, 15) is 5.11 Å². The van der Waals surface area contributed by atoms with Crippen molar-refractivity contribution >= 4 is 0 Å². The first kappa shape index (κ1) is 16.0. The normalized spacial score (nSPS) is 12.7. The van der Waals surface area contributed by atoms with E-state index in [4.69, 9.17) is 9.47 Å². The lowest BCUT2D eigenvalue weighted by atomic mass is 10.1. The first-order valence-corrected chi connectivity index (χ1v) is 7.00. The topological polar surface area (TPSA) is 38.7 Å². The van der Waals surface area contributed by atoms with Crippen molar-refractivity contribution in [3.63, 3.8) is 0 Å². The predicted molar refractivity (Wildman–Crippen MR) is 77.6 cm³/mol. The molecule has 1 aromatic rings. The number of ether oxygens (including phenoxy) is 2. The third-order valence-corrected chi connectivity index (χ3v) is 2.94. The molecule has 108 valence electrons. The van der Waals surface area contributed by atoms with Crippen LogP contribution in [-0.4, -0.2) is 24.9 Å². The van der Waals surface area contributed by atoms with Gasteiger partial charge in [-0.25, -0.2) is 0 Å². The molecule has 3 heteroatoms. The van der Waals surface area contributed by atoms with E-state index in [-0.39, 0.29) is 0 Å². The summed E-state index contributed by atoms with van der Waals surface area (Å²) in [6.07, 6.45) is 0.556. The first-order valence-electron chi connectivity index (χ1n) is 7.00. The van der Waals surface area contributed by atoms with Gasteiger partial charge in [0.05, 0.1) is 12.7 Å². The van der Waals surface area contributed by atoms with Crippen molar-refractivity contribution in [2.24, 2.45) is 5.92 Å². The Morgan fingerprint density at radius 1 is 1.11 bits per heavy atom. The molecule has 0 aliphatic heterocycles. The summed E-state index contributed by atoms with van der Waals surface area (Å²) < 4.78 is 11.2. The van der Waals surface area contributed by atoms with Crippen LogP contribution in [0.5, 0.6) is 5.75 Å². The van der Waals surface area contributed by atoms with Crippen LogP contribution in [0.4, 0.5) is 0 Å². The molecule has 0 saturated carbocycles. The summed E-state index contributed by atoms with van der Waals surface area (Å²) in [7, 11) is 0. The number of aryl methyl sites for hydroxylation is 1. The van der Waals surface area contributed by atoms with Gasteiger partial charge in [-0.15, -0.1) is 0 Å². The summed E-state index contributed by atoms with van der Waals surface area (Å²) in [4.78, 5) is 0. The van der Waals surface area contributed by atoms with Gasteiger partial charge in [0.2, 0.25) is 0 Å². The van der Waals surface area contributed by atoms with Crippen LogP contribution in [0.3, 0.4) is 0 Å². The van der Waals surface area contributed by atoms with Crippen LogP contribution in [0, 0.1) is 12.8 Å². The summed E-state index contributed by atoms with van der Waals surface area (Å²) in [5.74, 6) is 1.41. The molecule has 0 bridgehead atoms. The fraction of sp³-hybridized carbons (Fsp3) is 0.625. The summed E-state index contributed by atoms with van der Waals surface area (Å²) in [5, 5.41) is 9.72. The Labute approximate surface area is 116 Å². The molecule has 1 rings (SSSR count). The number of hydrogen-bond donors (Lipinski definition) is 1. The highest BCUT2D eigenvalue weighted by Crippen LogP contribution is 2.26. The Kier molecular flexibility index (Phi) is 6.89. The standard InChI is InChI=1S/C16H26O3/c1-12(2)7-8-18-9-10-19-16-6-5-13(3)11-15(16)14(4)17/h5-6,11-12,14,17H,7-10H2,1-4H3/t14-/m0/s1. The average Bonchev–Trinajstić information content (AvgIpc) is 2.34. The monoisotopic (exact) mass is 266 g/mol. The molecule has 0 heterocycles. The van der Waals surface area contributed by atoms with Crippen molar-refractivity contribution in [1.82, 2.24) is 0 Å². The fourth-order valence-corrected chi connectivity index (χ4v) is 1.76. The lowest BCUT2D eigenvalue weighted by molar-refractivity contribution is 0.0909. The zero-order chi connectivity index (χ0) is 14.3. The number of rotatable bonds is 8. The highest BCUT2D eigenvalue weighted by molar-refractivity contribution is 5.38. The van der Waals surface area contributed by atoms with Crippen molar-refractivity contribution in [3.05, 3.63) is 29.3 Å². The maximum atomic E-state index is 9.72. The molecule has 0 fully saturated rings. The molecule has 3 nitrogen and oxygen atoms in total. The molecule has 1 N–H and O–H groups in total. The Morgan fingerprint density at radius 2 is 1.84 bits per heavy atom. The lowest BCUT2D eigenvalue weighted by Gasteiger charge is -2.14. The van der Waals surface area contributed by atoms with E-state index < -0.39 is 6.10 Å². The van der Waals surface area contributed by atoms with Crippen LogP contribution in [0.2, 0.25) is 0 Å². The van der Waals surface area contributed by atoms with Gasteiger partial charge in [0.1, 0.15) is 12.4 Å². The molecule has 19 heavy (non-hydrogen) atoms. The molecule has 0 aliphatic carbocycles. The molecule has 0 aliphatic rings. The van der Waals surface area contributed by atoms with Crippen molar-refractivity contribution in [2.75, 3.05) is 19.8 Å². The Balaban J connectivity index is 2.37.